The second-order valence-corrected chi connectivity index (χ2v) is 9.19. The van der Waals surface area contributed by atoms with Crippen molar-refractivity contribution in [1.82, 2.24) is 0 Å². The van der Waals surface area contributed by atoms with Crippen LogP contribution in [0, 0.1) is 22.7 Å². The maximum atomic E-state index is 12.7. The van der Waals surface area contributed by atoms with Crippen molar-refractivity contribution in [2.45, 2.75) is 53.4 Å². The van der Waals surface area contributed by atoms with Gasteiger partial charge in [0, 0.05) is 29.7 Å². The quantitative estimate of drug-likeness (QED) is 0.542. The highest BCUT2D eigenvalue weighted by Crippen LogP contribution is 2.62. The lowest BCUT2D eigenvalue weighted by atomic mass is 9.52. The molecule has 4 nitrogen and oxygen atoms in total. The first-order valence-electron chi connectivity index (χ1n) is 10.2. The zero-order valence-electron chi connectivity index (χ0n) is 17.1. The highest BCUT2D eigenvalue weighted by atomic mass is 16.5. The highest BCUT2D eigenvalue weighted by molar-refractivity contribution is 5.99. The minimum absolute atomic E-state index is 0.0739. The second-order valence-electron chi connectivity index (χ2n) is 9.19. The van der Waals surface area contributed by atoms with Gasteiger partial charge in [0.2, 0.25) is 0 Å². The van der Waals surface area contributed by atoms with Crippen LogP contribution in [0.5, 0.6) is 0 Å². The SMILES string of the molecule is CC(=O)OCC(=O)C1=CCC2C3CC(C)=C4CC(=O)C=C[C@]4(C)C3=CC[C@]12C. The van der Waals surface area contributed by atoms with Crippen molar-refractivity contribution in [3.63, 3.8) is 0 Å². The van der Waals surface area contributed by atoms with Crippen molar-refractivity contribution in [3.05, 3.63) is 46.6 Å². The van der Waals surface area contributed by atoms with E-state index in [2.05, 4.69) is 39.0 Å². The number of fused-ring (bicyclic) bond motifs is 5. The molecule has 0 radical (unpaired) electrons. The van der Waals surface area contributed by atoms with Crippen LogP contribution in [0.25, 0.3) is 0 Å². The lowest BCUT2D eigenvalue weighted by Gasteiger charge is -2.52. The summed E-state index contributed by atoms with van der Waals surface area (Å²) in [5.41, 5.74) is 4.44. The van der Waals surface area contributed by atoms with E-state index < -0.39 is 5.97 Å². The molecule has 0 saturated carbocycles. The molecule has 148 valence electrons. The van der Waals surface area contributed by atoms with E-state index in [0.29, 0.717) is 18.3 Å². The van der Waals surface area contributed by atoms with Gasteiger partial charge < -0.3 is 4.74 Å². The maximum absolute atomic E-state index is 12.7. The Hall–Kier alpha value is -2.23. The summed E-state index contributed by atoms with van der Waals surface area (Å²) in [4.78, 5) is 35.8. The van der Waals surface area contributed by atoms with Crippen LogP contribution >= 0.6 is 0 Å². The summed E-state index contributed by atoms with van der Waals surface area (Å²) >= 11 is 0. The zero-order chi connectivity index (χ0) is 20.3. The van der Waals surface area contributed by atoms with Crippen molar-refractivity contribution < 1.29 is 19.1 Å². The Morgan fingerprint density at radius 2 is 2.00 bits per heavy atom. The highest BCUT2D eigenvalue weighted by Gasteiger charge is 2.54. The van der Waals surface area contributed by atoms with Crippen LogP contribution in [-0.4, -0.2) is 24.1 Å². The molecule has 28 heavy (non-hydrogen) atoms. The van der Waals surface area contributed by atoms with Crippen LogP contribution < -0.4 is 0 Å². The molecule has 0 aromatic carbocycles. The zero-order valence-corrected chi connectivity index (χ0v) is 17.1. The number of ketones is 2. The third-order valence-corrected chi connectivity index (χ3v) is 7.57. The Balaban J connectivity index is 1.67. The van der Waals surface area contributed by atoms with Gasteiger partial charge in [-0.25, -0.2) is 0 Å². The number of carbonyl (C=O) groups is 3. The number of esters is 1. The summed E-state index contributed by atoms with van der Waals surface area (Å²) in [6, 6.07) is 0. The topological polar surface area (TPSA) is 60.4 Å². The number of Topliss-reactive ketones (excluding diaryl/α,β-unsaturated/α-hetero) is 1. The standard InChI is InChI=1S/C24H28O4/c1-14-11-17-18-5-6-20(22(27)13-28-15(2)25)23(18,3)10-8-19(17)24(4)9-7-16(26)12-21(14)24/h6-9,17-18H,5,10-13H2,1-4H3/t17?,18?,23-,24+/m0/s1. The normalized spacial score (nSPS) is 36.2. The first-order valence-corrected chi connectivity index (χ1v) is 10.2. The summed E-state index contributed by atoms with van der Waals surface area (Å²) in [5, 5.41) is 0. The van der Waals surface area contributed by atoms with E-state index in [1.54, 1.807) is 6.08 Å². The van der Waals surface area contributed by atoms with Crippen LogP contribution in [0.4, 0.5) is 0 Å². The molecule has 0 bridgehead atoms. The molecule has 0 N–H and O–H groups in total. The van der Waals surface area contributed by atoms with Crippen LogP contribution in [0.1, 0.15) is 53.4 Å². The first kappa shape index (κ1) is 19.1. The van der Waals surface area contributed by atoms with Crippen molar-refractivity contribution in [3.8, 4) is 0 Å². The van der Waals surface area contributed by atoms with Gasteiger partial charge in [0.25, 0.3) is 0 Å². The third kappa shape index (κ3) is 2.68. The van der Waals surface area contributed by atoms with Gasteiger partial charge in [-0.3, -0.25) is 14.4 Å². The average Bonchev–Trinajstić information content (AvgIpc) is 2.99. The van der Waals surface area contributed by atoms with Crippen molar-refractivity contribution in [1.29, 1.82) is 0 Å². The van der Waals surface area contributed by atoms with Gasteiger partial charge in [0.1, 0.15) is 0 Å². The molecule has 4 aliphatic rings. The van der Waals surface area contributed by atoms with Crippen LogP contribution in [0.3, 0.4) is 0 Å². The molecular formula is C24H28O4. The minimum atomic E-state index is -0.424. The number of hydrogen-bond donors (Lipinski definition) is 0. The Morgan fingerprint density at radius 1 is 1.25 bits per heavy atom. The second kappa shape index (κ2) is 6.40. The first-order chi connectivity index (χ1) is 13.2. The van der Waals surface area contributed by atoms with E-state index in [9.17, 15) is 14.4 Å². The molecule has 0 heterocycles. The van der Waals surface area contributed by atoms with Gasteiger partial charge >= 0.3 is 5.97 Å². The Morgan fingerprint density at radius 3 is 2.71 bits per heavy atom. The molecule has 4 rings (SSSR count). The smallest absolute Gasteiger partial charge is 0.303 e. The molecule has 0 aromatic heterocycles. The van der Waals surface area contributed by atoms with Crippen LogP contribution in [0.15, 0.2) is 46.6 Å². The van der Waals surface area contributed by atoms with Crippen LogP contribution in [0.2, 0.25) is 0 Å². The Kier molecular flexibility index (Phi) is 4.36. The fourth-order valence-corrected chi connectivity index (χ4v) is 6.12. The van der Waals surface area contributed by atoms with E-state index in [-0.39, 0.29) is 29.0 Å². The van der Waals surface area contributed by atoms with Gasteiger partial charge in [-0.05, 0) is 56.6 Å². The summed E-state index contributed by atoms with van der Waals surface area (Å²) in [6.07, 6.45) is 11.4. The number of ether oxygens (including phenoxy) is 1. The average molecular weight is 380 g/mol. The van der Waals surface area contributed by atoms with Gasteiger partial charge in [-0.2, -0.15) is 0 Å². The van der Waals surface area contributed by atoms with E-state index in [4.69, 9.17) is 4.74 Å². The van der Waals surface area contributed by atoms with Gasteiger partial charge in [-0.1, -0.05) is 36.3 Å². The summed E-state index contributed by atoms with van der Waals surface area (Å²) in [6.45, 7) is 7.75. The molecule has 0 spiro atoms. The molecule has 0 amide bonds. The molecule has 4 heteroatoms. The van der Waals surface area contributed by atoms with Crippen molar-refractivity contribution >= 4 is 17.5 Å². The van der Waals surface area contributed by atoms with E-state index in [0.717, 1.165) is 24.8 Å². The van der Waals surface area contributed by atoms with Crippen molar-refractivity contribution in [2.75, 3.05) is 6.61 Å². The van der Waals surface area contributed by atoms with Gasteiger partial charge in [-0.15, -0.1) is 0 Å². The molecule has 4 aliphatic carbocycles. The predicted octanol–water partition coefficient (Wildman–Crippen LogP) is 4.27. The molecule has 4 atom stereocenters. The number of hydrogen-bond acceptors (Lipinski definition) is 4. The van der Waals surface area contributed by atoms with Gasteiger partial charge in [0.15, 0.2) is 18.2 Å². The fourth-order valence-electron chi connectivity index (χ4n) is 6.12. The molecule has 2 unspecified atom stereocenters. The predicted molar refractivity (Wildman–Crippen MR) is 106 cm³/mol. The number of allylic oxidation sites excluding steroid dienone is 7. The Labute approximate surface area is 166 Å². The van der Waals surface area contributed by atoms with Crippen LogP contribution in [-0.2, 0) is 19.1 Å². The molecule has 0 fully saturated rings. The van der Waals surface area contributed by atoms with Crippen molar-refractivity contribution in [2.24, 2.45) is 22.7 Å². The fraction of sp³-hybridized carbons (Fsp3) is 0.542. The molecule has 0 aliphatic heterocycles. The minimum Gasteiger partial charge on any atom is -0.457 e. The summed E-state index contributed by atoms with van der Waals surface area (Å²) in [5.74, 6) is 0.429. The summed E-state index contributed by atoms with van der Waals surface area (Å²) in [7, 11) is 0. The molecular weight excluding hydrogens is 352 g/mol. The number of rotatable bonds is 3. The van der Waals surface area contributed by atoms with E-state index in [1.807, 2.05) is 0 Å². The lowest BCUT2D eigenvalue weighted by molar-refractivity contribution is -0.145. The molecule has 0 saturated heterocycles. The Bertz CT molecular complexity index is 900. The summed E-state index contributed by atoms with van der Waals surface area (Å²) < 4.78 is 4.97. The lowest BCUT2D eigenvalue weighted by Crippen LogP contribution is -2.44. The molecule has 0 aromatic rings. The monoisotopic (exact) mass is 380 g/mol. The van der Waals surface area contributed by atoms with E-state index >= 15 is 0 Å². The third-order valence-electron chi connectivity index (χ3n) is 7.57. The largest absolute Gasteiger partial charge is 0.457 e. The number of carbonyl (C=O) groups excluding carboxylic acids is 3. The van der Waals surface area contributed by atoms with Gasteiger partial charge in [0.05, 0.1) is 0 Å². The maximum Gasteiger partial charge on any atom is 0.303 e. The van der Waals surface area contributed by atoms with E-state index in [1.165, 1.54) is 23.6 Å².